The highest BCUT2D eigenvalue weighted by Gasteiger charge is 2.11. The van der Waals surface area contributed by atoms with Gasteiger partial charge in [0.15, 0.2) is 0 Å². The van der Waals surface area contributed by atoms with Gasteiger partial charge >= 0.3 is 0 Å². The van der Waals surface area contributed by atoms with E-state index in [-0.39, 0.29) is 0 Å². The SMILES string of the molecule is CC(O)c1cn(Cc2nc(-c3ccc(Cl)cc3)no2)nn1. The molecule has 0 aliphatic heterocycles. The van der Waals surface area contributed by atoms with Crippen LogP contribution in [0.2, 0.25) is 5.02 Å². The average Bonchev–Trinajstić information content (AvgIpc) is 3.10. The first-order valence-corrected chi connectivity index (χ1v) is 6.66. The van der Waals surface area contributed by atoms with Gasteiger partial charge < -0.3 is 9.63 Å². The Bertz CT molecular complexity index is 735. The van der Waals surface area contributed by atoms with Crippen LogP contribution >= 0.6 is 11.6 Å². The van der Waals surface area contributed by atoms with E-state index in [0.717, 1.165) is 5.56 Å². The molecular formula is C13H12ClN5O2. The molecule has 0 radical (unpaired) electrons. The summed E-state index contributed by atoms with van der Waals surface area (Å²) in [7, 11) is 0. The summed E-state index contributed by atoms with van der Waals surface area (Å²) in [5.74, 6) is 0.888. The van der Waals surface area contributed by atoms with Crippen molar-refractivity contribution in [1.82, 2.24) is 25.1 Å². The quantitative estimate of drug-likeness (QED) is 0.793. The summed E-state index contributed by atoms with van der Waals surface area (Å²) < 4.78 is 6.71. The summed E-state index contributed by atoms with van der Waals surface area (Å²) in [5.41, 5.74) is 1.31. The molecule has 0 spiro atoms. The van der Waals surface area contributed by atoms with Crippen molar-refractivity contribution in [3.63, 3.8) is 0 Å². The van der Waals surface area contributed by atoms with E-state index in [1.807, 2.05) is 12.1 Å². The lowest BCUT2D eigenvalue weighted by Crippen LogP contribution is -2.00. The number of hydrogen-bond acceptors (Lipinski definition) is 6. The number of aliphatic hydroxyl groups excluding tert-OH is 1. The molecule has 0 fully saturated rings. The minimum Gasteiger partial charge on any atom is -0.387 e. The van der Waals surface area contributed by atoms with Crippen molar-refractivity contribution in [2.45, 2.75) is 19.6 Å². The fourth-order valence-corrected chi connectivity index (χ4v) is 1.88. The van der Waals surface area contributed by atoms with Crippen LogP contribution in [0.4, 0.5) is 0 Å². The third kappa shape index (κ3) is 3.09. The Hall–Kier alpha value is -2.25. The Morgan fingerprint density at radius 1 is 1.33 bits per heavy atom. The van der Waals surface area contributed by atoms with Gasteiger partial charge in [-0.25, -0.2) is 4.68 Å². The monoisotopic (exact) mass is 305 g/mol. The second-order valence-corrected chi connectivity index (χ2v) is 4.97. The lowest BCUT2D eigenvalue weighted by molar-refractivity contribution is 0.194. The maximum atomic E-state index is 9.40. The predicted molar refractivity (Wildman–Crippen MR) is 74.5 cm³/mol. The molecule has 3 aromatic rings. The van der Waals surface area contributed by atoms with Gasteiger partial charge in [-0.3, -0.25) is 0 Å². The minimum atomic E-state index is -0.661. The lowest BCUT2D eigenvalue weighted by atomic mass is 10.2. The van der Waals surface area contributed by atoms with Crippen LogP contribution in [0.3, 0.4) is 0 Å². The van der Waals surface area contributed by atoms with Crippen LogP contribution < -0.4 is 0 Å². The summed E-state index contributed by atoms with van der Waals surface area (Å²) >= 11 is 5.84. The molecule has 0 saturated heterocycles. The van der Waals surface area contributed by atoms with E-state index in [9.17, 15) is 5.11 Å². The summed E-state index contributed by atoms with van der Waals surface area (Å²) in [5, 5.41) is 21.7. The van der Waals surface area contributed by atoms with Crippen molar-refractivity contribution >= 4 is 11.6 Å². The molecule has 2 aromatic heterocycles. The van der Waals surface area contributed by atoms with E-state index in [1.54, 1.807) is 25.3 Å². The van der Waals surface area contributed by atoms with Gasteiger partial charge in [0.05, 0.1) is 12.3 Å². The molecule has 108 valence electrons. The average molecular weight is 306 g/mol. The van der Waals surface area contributed by atoms with Crippen LogP contribution in [0, 0.1) is 0 Å². The first-order chi connectivity index (χ1) is 10.1. The zero-order valence-corrected chi connectivity index (χ0v) is 11.9. The molecule has 21 heavy (non-hydrogen) atoms. The Morgan fingerprint density at radius 2 is 2.10 bits per heavy atom. The molecule has 1 unspecified atom stereocenters. The molecule has 0 saturated carbocycles. The highest BCUT2D eigenvalue weighted by molar-refractivity contribution is 6.30. The maximum absolute atomic E-state index is 9.40. The Morgan fingerprint density at radius 3 is 2.76 bits per heavy atom. The fourth-order valence-electron chi connectivity index (χ4n) is 1.76. The molecule has 0 aliphatic rings. The number of rotatable bonds is 4. The number of nitrogens with zero attached hydrogens (tertiary/aromatic N) is 5. The minimum absolute atomic E-state index is 0.292. The zero-order valence-electron chi connectivity index (χ0n) is 11.1. The van der Waals surface area contributed by atoms with Crippen molar-refractivity contribution in [2.24, 2.45) is 0 Å². The van der Waals surface area contributed by atoms with Crippen molar-refractivity contribution in [2.75, 3.05) is 0 Å². The topological polar surface area (TPSA) is 89.9 Å². The van der Waals surface area contributed by atoms with Gasteiger partial charge in [0.1, 0.15) is 12.2 Å². The first-order valence-electron chi connectivity index (χ1n) is 6.28. The van der Waals surface area contributed by atoms with Crippen molar-refractivity contribution < 1.29 is 9.63 Å². The van der Waals surface area contributed by atoms with Crippen molar-refractivity contribution in [3.8, 4) is 11.4 Å². The molecule has 3 rings (SSSR count). The van der Waals surface area contributed by atoms with E-state index < -0.39 is 6.10 Å². The normalized spacial score (nSPS) is 12.5. The van der Waals surface area contributed by atoms with E-state index in [2.05, 4.69) is 20.5 Å². The molecule has 0 bridgehead atoms. The van der Waals surface area contributed by atoms with Crippen LogP contribution in [0.1, 0.15) is 24.6 Å². The summed E-state index contributed by atoms with van der Waals surface area (Å²) in [6.07, 6.45) is 0.975. The van der Waals surface area contributed by atoms with E-state index in [0.29, 0.717) is 29.0 Å². The number of aromatic nitrogens is 5. The standard InChI is InChI=1S/C13H12ClN5O2/c1-8(20)11-6-19(18-16-11)7-12-15-13(17-21-12)9-2-4-10(14)5-3-9/h2-6,8,20H,7H2,1H3. The maximum Gasteiger partial charge on any atom is 0.248 e. The predicted octanol–water partition coefficient (Wildman–Crippen LogP) is 2.08. The fraction of sp³-hybridized carbons (Fsp3) is 0.231. The number of aliphatic hydroxyl groups is 1. The third-order valence-electron chi connectivity index (χ3n) is 2.85. The summed E-state index contributed by atoms with van der Waals surface area (Å²) in [6, 6.07) is 7.16. The number of hydrogen-bond donors (Lipinski definition) is 1. The summed E-state index contributed by atoms with van der Waals surface area (Å²) in [6.45, 7) is 1.92. The molecule has 1 aromatic carbocycles. The van der Waals surface area contributed by atoms with Crippen LogP contribution in [-0.4, -0.2) is 30.2 Å². The molecule has 1 atom stereocenters. The second kappa shape index (κ2) is 5.63. The van der Waals surface area contributed by atoms with Crippen molar-refractivity contribution in [3.05, 3.63) is 47.1 Å². The Kier molecular flexibility index (Phi) is 3.68. The van der Waals surface area contributed by atoms with E-state index >= 15 is 0 Å². The number of halogens is 1. The van der Waals surface area contributed by atoms with Crippen LogP contribution in [0.25, 0.3) is 11.4 Å². The van der Waals surface area contributed by atoms with Gasteiger partial charge in [0, 0.05) is 10.6 Å². The van der Waals surface area contributed by atoms with Gasteiger partial charge in [-0.05, 0) is 31.2 Å². The van der Waals surface area contributed by atoms with Crippen LogP contribution in [0.5, 0.6) is 0 Å². The van der Waals surface area contributed by atoms with Gasteiger partial charge in [-0.2, -0.15) is 4.98 Å². The first kappa shape index (κ1) is 13.7. The highest BCUT2D eigenvalue weighted by atomic mass is 35.5. The largest absolute Gasteiger partial charge is 0.387 e. The lowest BCUT2D eigenvalue weighted by Gasteiger charge is -1.95. The molecule has 8 heteroatoms. The molecule has 0 amide bonds. The smallest absolute Gasteiger partial charge is 0.248 e. The third-order valence-corrected chi connectivity index (χ3v) is 3.10. The number of benzene rings is 1. The van der Waals surface area contributed by atoms with Gasteiger partial charge in [-0.1, -0.05) is 22.0 Å². The van der Waals surface area contributed by atoms with Gasteiger partial charge in [0.25, 0.3) is 0 Å². The Labute approximate surface area is 125 Å². The molecule has 0 aliphatic carbocycles. The van der Waals surface area contributed by atoms with Gasteiger partial charge in [0.2, 0.25) is 11.7 Å². The van der Waals surface area contributed by atoms with Crippen LogP contribution in [0.15, 0.2) is 35.0 Å². The van der Waals surface area contributed by atoms with E-state index in [1.165, 1.54) is 4.68 Å². The molecule has 2 heterocycles. The summed E-state index contributed by atoms with van der Waals surface area (Å²) in [4.78, 5) is 4.29. The highest BCUT2D eigenvalue weighted by Crippen LogP contribution is 2.19. The second-order valence-electron chi connectivity index (χ2n) is 4.54. The van der Waals surface area contributed by atoms with E-state index in [4.69, 9.17) is 16.1 Å². The van der Waals surface area contributed by atoms with Gasteiger partial charge in [-0.15, -0.1) is 5.10 Å². The molecule has 1 N–H and O–H groups in total. The zero-order chi connectivity index (χ0) is 14.8. The molecule has 7 nitrogen and oxygen atoms in total. The molecular weight excluding hydrogens is 294 g/mol. The van der Waals surface area contributed by atoms with Crippen molar-refractivity contribution in [1.29, 1.82) is 0 Å². The Balaban J connectivity index is 1.76. The van der Waals surface area contributed by atoms with Crippen LogP contribution in [-0.2, 0) is 6.54 Å².